The molecule has 0 amide bonds. The van der Waals surface area contributed by atoms with Crippen molar-refractivity contribution in [1.82, 2.24) is 5.32 Å². The number of hydrogen-bond acceptors (Lipinski definition) is 3. The van der Waals surface area contributed by atoms with Gasteiger partial charge in [0.1, 0.15) is 12.4 Å². The topological polar surface area (TPSA) is 38.3 Å². The molecule has 1 N–H and O–H groups in total. The maximum Gasteiger partial charge on any atom is 0.193 e. The first kappa shape index (κ1) is 17.7. The Morgan fingerprint density at radius 2 is 1.71 bits per heavy atom. The molecule has 24 heavy (non-hydrogen) atoms. The van der Waals surface area contributed by atoms with Crippen molar-refractivity contribution in [2.45, 2.75) is 6.42 Å². The fraction of sp³-hybridized carbons (Fsp3) is 0.190. The Hall–Kier alpha value is -2.65. The maximum absolute atomic E-state index is 12.3. The standard InChI is InChI=1S/C21H23NO2/c1-2-3-15-22-16-7-8-17-24-20-13-11-19(12-14-20)21(23)18-9-5-4-6-10-18/h2,4-14,22H,1,3,15-17H2/b8-7+. The highest BCUT2D eigenvalue weighted by Gasteiger charge is 2.07. The van der Waals surface area contributed by atoms with E-state index in [0.29, 0.717) is 17.7 Å². The molecule has 0 aliphatic heterocycles. The third-order valence-electron chi connectivity index (χ3n) is 3.45. The van der Waals surface area contributed by atoms with Crippen LogP contribution >= 0.6 is 0 Å². The van der Waals surface area contributed by atoms with E-state index in [0.717, 1.165) is 25.3 Å². The Bertz CT molecular complexity index is 660. The van der Waals surface area contributed by atoms with Gasteiger partial charge in [-0.05, 0) is 37.2 Å². The highest BCUT2D eigenvalue weighted by atomic mass is 16.5. The predicted molar refractivity (Wildman–Crippen MR) is 98.6 cm³/mol. The average molecular weight is 321 g/mol. The fourth-order valence-electron chi connectivity index (χ4n) is 2.14. The van der Waals surface area contributed by atoms with Crippen molar-refractivity contribution in [3.8, 4) is 5.75 Å². The molecule has 0 saturated carbocycles. The molecule has 0 bridgehead atoms. The number of carbonyl (C=O) groups excluding carboxylic acids is 1. The van der Waals surface area contributed by atoms with E-state index in [-0.39, 0.29) is 5.78 Å². The maximum atomic E-state index is 12.3. The Morgan fingerprint density at radius 3 is 2.42 bits per heavy atom. The molecule has 124 valence electrons. The number of benzene rings is 2. The summed E-state index contributed by atoms with van der Waals surface area (Å²) in [5, 5.41) is 3.27. The zero-order chi connectivity index (χ0) is 17.0. The Balaban J connectivity index is 1.77. The third kappa shape index (κ3) is 5.86. The predicted octanol–water partition coefficient (Wildman–Crippen LogP) is 4.02. The fourth-order valence-corrected chi connectivity index (χ4v) is 2.14. The summed E-state index contributed by atoms with van der Waals surface area (Å²) in [5.41, 5.74) is 1.36. The first-order chi connectivity index (χ1) is 11.8. The van der Waals surface area contributed by atoms with Gasteiger partial charge in [0.05, 0.1) is 0 Å². The second-order valence-electron chi connectivity index (χ2n) is 5.28. The minimum absolute atomic E-state index is 0.0210. The van der Waals surface area contributed by atoms with Crippen LogP contribution in [0.5, 0.6) is 5.75 Å². The molecular weight excluding hydrogens is 298 g/mol. The highest BCUT2D eigenvalue weighted by molar-refractivity contribution is 6.08. The van der Waals surface area contributed by atoms with E-state index in [1.54, 1.807) is 12.1 Å². The lowest BCUT2D eigenvalue weighted by Crippen LogP contribution is -2.14. The minimum Gasteiger partial charge on any atom is -0.490 e. The SMILES string of the molecule is C=CCCNC/C=C/COc1ccc(C(=O)c2ccccc2)cc1. The number of rotatable bonds is 10. The smallest absolute Gasteiger partial charge is 0.193 e. The van der Waals surface area contributed by atoms with Crippen molar-refractivity contribution >= 4 is 5.78 Å². The molecule has 3 heteroatoms. The molecule has 3 nitrogen and oxygen atoms in total. The summed E-state index contributed by atoms with van der Waals surface area (Å²) in [6.07, 6.45) is 6.88. The van der Waals surface area contributed by atoms with Crippen LogP contribution in [-0.2, 0) is 0 Å². The van der Waals surface area contributed by atoms with Gasteiger partial charge in [0.25, 0.3) is 0 Å². The molecular formula is C21H23NO2. The van der Waals surface area contributed by atoms with Crippen LogP contribution in [0.15, 0.2) is 79.4 Å². The van der Waals surface area contributed by atoms with E-state index in [2.05, 4.69) is 11.9 Å². The molecule has 0 radical (unpaired) electrons. The van der Waals surface area contributed by atoms with Crippen LogP contribution in [0.3, 0.4) is 0 Å². The van der Waals surface area contributed by atoms with Crippen molar-refractivity contribution in [1.29, 1.82) is 0 Å². The zero-order valence-corrected chi connectivity index (χ0v) is 13.8. The molecule has 0 atom stereocenters. The van der Waals surface area contributed by atoms with Crippen LogP contribution in [0.2, 0.25) is 0 Å². The summed E-state index contributed by atoms with van der Waals surface area (Å²) >= 11 is 0. The number of hydrogen-bond donors (Lipinski definition) is 1. The Morgan fingerprint density at radius 1 is 1.00 bits per heavy atom. The van der Waals surface area contributed by atoms with Gasteiger partial charge in [0, 0.05) is 17.7 Å². The van der Waals surface area contributed by atoms with Crippen molar-refractivity contribution in [3.05, 3.63) is 90.5 Å². The van der Waals surface area contributed by atoms with Gasteiger partial charge in [-0.2, -0.15) is 0 Å². The Labute approximate surface area is 143 Å². The Kier molecular flexibility index (Phi) is 7.51. The van der Waals surface area contributed by atoms with Gasteiger partial charge < -0.3 is 10.1 Å². The van der Waals surface area contributed by atoms with Crippen LogP contribution < -0.4 is 10.1 Å². The molecule has 0 unspecified atom stereocenters. The summed E-state index contributed by atoms with van der Waals surface area (Å²) in [7, 11) is 0. The van der Waals surface area contributed by atoms with E-state index >= 15 is 0 Å². The van der Waals surface area contributed by atoms with Gasteiger partial charge in [-0.3, -0.25) is 4.79 Å². The van der Waals surface area contributed by atoms with Crippen LogP contribution in [0.4, 0.5) is 0 Å². The van der Waals surface area contributed by atoms with Gasteiger partial charge in [0.2, 0.25) is 0 Å². The molecule has 2 aromatic rings. The highest BCUT2D eigenvalue weighted by Crippen LogP contribution is 2.15. The monoisotopic (exact) mass is 321 g/mol. The average Bonchev–Trinajstić information content (AvgIpc) is 2.64. The van der Waals surface area contributed by atoms with Crippen LogP contribution in [-0.4, -0.2) is 25.5 Å². The summed E-state index contributed by atoms with van der Waals surface area (Å²) in [4.78, 5) is 12.3. The van der Waals surface area contributed by atoms with Crippen molar-refractivity contribution < 1.29 is 9.53 Å². The van der Waals surface area contributed by atoms with E-state index < -0.39 is 0 Å². The van der Waals surface area contributed by atoms with E-state index in [4.69, 9.17) is 4.74 Å². The van der Waals surface area contributed by atoms with Crippen molar-refractivity contribution in [2.75, 3.05) is 19.7 Å². The van der Waals surface area contributed by atoms with Crippen LogP contribution in [0.25, 0.3) is 0 Å². The summed E-state index contributed by atoms with van der Waals surface area (Å²) in [5.74, 6) is 0.775. The molecule has 2 rings (SSSR count). The zero-order valence-electron chi connectivity index (χ0n) is 13.8. The molecule has 0 aliphatic carbocycles. The first-order valence-electron chi connectivity index (χ1n) is 8.10. The lowest BCUT2D eigenvalue weighted by atomic mass is 10.0. The second-order valence-corrected chi connectivity index (χ2v) is 5.28. The molecule has 2 aromatic carbocycles. The van der Waals surface area contributed by atoms with Gasteiger partial charge in [-0.15, -0.1) is 6.58 Å². The second kappa shape index (κ2) is 10.2. The molecule has 0 fully saturated rings. The van der Waals surface area contributed by atoms with Crippen LogP contribution in [0, 0.1) is 0 Å². The van der Waals surface area contributed by atoms with Gasteiger partial charge in [-0.25, -0.2) is 0 Å². The minimum atomic E-state index is 0.0210. The lowest BCUT2D eigenvalue weighted by Gasteiger charge is -2.05. The summed E-state index contributed by atoms with van der Waals surface area (Å²) in [6, 6.07) is 16.5. The van der Waals surface area contributed by atoms with Gasteiger partial charge >= 0.3 is 0 Å². The number of ether oxygens (including phenoxy) is 1. The van der Waals surface area contributed by atoms with Gasteiger partial charge in [0.15, 0.2) is 5.78 Å². The summed E-state index contributed by atoms with van der Waals surface area (Å²) in [6.45, 7) is 5.94. The quantitative estimate of drug-likeness (QED) is 0.408. The van der Waals surface area contributed by atoms with Crippen molar-refractivity contribution in [3.63, 3.8) is 0 Å². The molecule has 0 heterocycles. The van der Waals surface area contributed by atoms with Crippen molar-refractivity contribution in [2.24, 2.45) is 0 Å². The van der Waals surface area contributed by atoms with E-state index in [1.165, 1.54) is 0 Å². The van der Waals surface area contributed by atoms with E-state index in [9.17, 15) is 4.79 Å². The van der Waals surface area contributed by atoms with Gasteiger partial charge in [-0.1, -0.05) is 48.6 Å². The van der Waals surface area contributed by atoms with E-state index in [1.807, 2.05) is 60.7 Å². The molecule has 0 spiro atoms. The van der Waals surface area contributed by atoms with Crippen LogP contribution in [0.1, 0.15) is 22.3 Å². The lowest BCUT2D eigenvalue weighted by molar-refractivity contribution is 0.103. The number of carbonyl (C=O) groups is 1. The number of nitrogens with one attached hydrogen (secondary N) is 1. The molecule has 0 saturated heterocycles. The molecule has 0 aromatic heterocycles. The number of ketones is 1. The molecule has 0 aliphatic rings. The first-order valence-corrected chi connectivity index (χ1v) is 8.10. The normalized spacial score (nSPS) is 10.7. The largest absolute Gasteiger partial charge is 0.490 e. The third-order valence-corrected chi connectivity index (χ3v) is 3.45. The summed E-state index contributed by atoms with van der Waals surface area (Å²) < 4.78 is 5.63.